The van der Waals surface area contributed by atoms with E-state index in [0.717, 1.165) is 25.0 Å². The number of nitrogens with one attached hydrogen (secondary N) is 1. The van der Waals surface area contributed by atoms with E-state index in [9.17, 15) is 9.59 Å². The molecule has 0 aliphatic rings. The van der Waals surface area contributed by atoms with Crippen LogP contribution >= 0.6 is 11.8 Å². The Morgan fingerprint density at radius 3 is 2.55 bits per heavy atom. The molecule has 0 heterocycles. The lowest BCUT2D eigenvalue weighted by Crippen LogP contribution is -2.45. The summed E-state index contributed by atoms with van der Waals surface area (Å²) in [5.41, 5.74) is -0.643. The summed E-state index contributed by atoms with van der Waals surface area (Å²) in [6.45, 7) is 5.17. The summed E-state index contributed by atoms with van der Waals surface area (Å²) in [5.74, 6) is 2.62. The molecule has 0 radical (unpaired) electrons. The Kier molecular flexibility index (Phi) is 8.89. The van der Waals surface area contributed by atoms with E-state index in [-0.39, 0.29) is 0 Å². The molecule has 0 saturated carbocycles. The summed E-state index contributed by atoms with van der Waals surface area (Å²) < 4.78 is 5.03. The second kappa shape index (κ2) is 9.54. The van der Waals surface area contributed by atoms with Gasteiger partial charge in [0.1, 0.15) is 11.6 Å². The van der Waals surface area contributed by atoms with Crippen molar-refractivity contribution in [1.82, 2.24) is 5.32 Å². The van der Waals surface area contributed by atoms with Gasteiger partial charge in [0.25, 0.3) is 0 Å². The minimum Gasteiger partial charge on any atom is -0.480 e. The predicted octanol–water partition coefficient (Wildman–Crippen LogP) is 2.50. The average molecular weight is 301 g/mol. The van der Waals surface area contributed by atoms with E-state index in [1.807, 2.05) is 0 Å². The van der Waals surface area contributed by atoms with E-state index >= 15 is 0 Å². The maximum atomic E-state index is 11.5. The van der Waals surface area contributed by atoms with Gasteiger partial charge in [-0.15, -0.1) is 12.3 Å². The van der Waals surface area contributed by atoms with E-state index < -0.39 is 23.7 Å². The third kappa shape index (κ3) is 10.6. The molecule has 0 spiro atoms. The van der Waals surface area contributed by atoms with Crippen molar-refractivity contribution in [3.05, 3.63) is 0 Å². The standard InChI is InChI=1S/C14H23NO4S/c1-5-6-7-8-9-20-10-11(12(16)17)15-13(18)19-14(2,3)4/h1,11H,6-10H2,2-4H3,(H,15,18)(H,16,17). The highest BCUT2D eigenvalue weighted by atomic mass is 32.2. The molecule has 0 bridgehead atoms. The molecule has 0 saturated heterocycles. The molecule has 0 aliphatic heterocycles. The molecule has 0 aromatic heterocycles. The number of hydrogen-bond acceptors (Lipinski definition) is 4. The van der Waals surface area contributed by atoms with Crippen LogP contribution in [0.2, 0.25) is 0 Å². The second-order valence-corrected chi connectivity index (χ2v) is 6.42. The number of ether oxygens (including phenoxy) is 1. The first kappa shape index (κ1) is 18.7. The number of terminal acetylenes is 1. The van der Waals surface area contributed by atoms with Gasteiger partial charge in [0, 0.05) is 12.2 Å². The van der Waals surface area contributed by atoms with Gasteiger partial charge in [0.05, 0.1) is 0 Å². The fourth-order valence-electron chi connectivity index (χ4n) is 1.26. The van der Waals surface area contributed by atoms with Crippen molar-refractivity contribution >= 4 is 23.8 Å². The van der Waals surface area contributed by atoms with Crippen LogP contribution in [0.1, 0.15) is 40.0 Å². The quantitative estimate of drug-likeness (QED) is 0.532. The van der Waals surface area contributed by atoms with Gasteiger partial charge >= 0.3 is 12.1 Å². The van der Waals surface area contributed by atoms with Crippen LogP contribution in [0.5, 0.6) is 0 Å². The van der Waals surface area contributed by atoms with Crippen molar-refractivity contribution < 1.29 is 19.4 Å². The molecule has 1 unspecified atom stereocenters. The molecule has 0 aromatic carbocycles. The van der Waals surface area contributed by atoms with Crippen molar-refractivity contribution in [3.63, 3.8) is 0 Å². The Labute approximate surface area is 124 Å². The summed E-state index contributed by atoms with van der Waals surface area (Å²) >= 11 is 1.48. The summed E-state index contributed by atoms with van der Waals surface area (Å²) in [6.07, 6.45) is 7.03. The third-order valence-electron chi connectivity index (χ3n) is 2.13. The molecule has 0 fully saturated rings. The van der Waals surface area contributed by atoms with Crippen LogP contribution < -0.4 is 5.32 Å². The number of unbranched alkanes of at least 4 members (excludes halogenated alkanes) is 2. The van der Waals surface area contributed by atoms with Crippen molar-refractivity contribution in [2.45, 2.75) is 51.7 Å². The van der Waals surface area contributed by atoms with Gasteiger partial charge in [-0.3, -0.25) is 0 Å². The van der Waals surface area contributed by atoms with Crippen LogP contribution in [-0.2, 0) is 9.53 Å². The first-order chi connectivity index (χ1) is 9.26. The van der Waals surface area contributed by atoms with E-state index in [2.05, 4.69) is 11.2 Å². The van der Waals surface area contributed by atoms with E-state index in [1.165, 1.54) is 11.8 Å². The Morgan fingerprint density at radius 2 is 2.05 bits per heavy atom. The highest BCUT2D eigenvalue weighted by Crippen LogP contribution is 2.10. The molecule has 5 nitrogen and oxygen atoms in total. The molecule has 1 amide bonds. The number of carboxylic acids is 1. The van der Waals surface area contributed by atoms with Crippen LogP contribution in [0.25, 0.3) is 0 Å². The number of carbonyl (C=O) groups excluding carboxylic acids is 1. The fraction of sp³-hybridized carbons (Fsp3) is 0.714. The van der Waals surface area contributed by atoms with Crippen LogP contribution in [0, 0.1) is 12.3 Å². The smallest absolute Gasteiger partial charge is 0.408 e. The monoisotopic (exact) mass is 301 g/mol. The number of thioether (sulfide) groups is 1. The molecule has 0 aliphatic carbocycles. The Hall–Kier alpha value is -1.35. The Balaban J connectivity index is 4.03. The van der Waals surface area contributed by atoms with Crippen molar-refractivity contribution in [1.29, 1.82) is 0 Å². The Bertz CT molecular complexity index is 357. The van der Waals surface area contributed by atoms with Gasteiger partial charge in [0.15, 0.2) is 0 Å². The third-order valence-corrected chi connectivity index (χ3v) is 3.28. The van der Waals surface area contributed by atoms with Crippen molar-refractivity contribution in [2.24, 2.45) is 0 Å². The van der Waals surface area contributed by atoms with E-state index in [0.29, 0.717) is 5.75 Å². The topological polar surface area (TPSA) is 75.6 Å². The van der Waals surface area contributed by atoms with Crippen LogP contribution in [0.3, 0.4) is 0 Å². The Morgan fingerprint density at radius 1 is 1.40 bits per heavy atom. The maximum Gasteiger partial charge on any atom is 0.408 e. The van der Waals surface area contributed by atoms with Crippen molar-refractivity contribution in [2.75, 3.05) is 11.5 Å². The van der Waals surface area contributed by atoms with Gasteiger partial charge in [-0.05, 0) is 39.4 Å². The number of hydrogen-bond donors (Lipinski definition) is 2. The average Bonchev–Trinajstić information content (AvgIpc) is 2.29. The van der Waals surface area contributed by atoms with Crippen LogP contribution in [0.15, 0.2) is 0 Å². The highest BCUT2D eigenvalue weighted by Gasteiger charge is 2.23. The van der Waals surface area contributed by atoms with Crippen molar-refractivity contribution in [3.8, 4) is 12.3 Å². The first-order valence-corrected chi connectivity index (χ1v) is 7.65. The lowest BCUT2D eigenvalue weighted by Gasteiger charge is -2.21. The second-order valence-electron chi connectivity index (χ2n) is 5.27. The normalized spacial score (nSPS) is 12.3. The zero-order chi connectivity index (χ0) is 15.6. The predicted molar refractivity (Wildman–Crippen MR) is 80.8 cm³/mol. The molecule has 0 aromatic rings. The van der Waals surface area contributed by atoms with E-state index in [1.54, 1.807) is 20.8 Å². The molecular weight excluding hydrogens is 278 g/mol. The number of carbonyl (C=O) groups is 2. The molecule has 114 valence electrons. The van der Waals surface area contributed by atoms with Crippen LogP contribution in [0.4, 0.5) is 4.79 Å². The maximum absolute atomic E-state index is 11.5. The highest BCUT2D eigenvalue weighted by molar-refractivity contribution is 7.99. The summed E-state index contributed by atoms with van der Waals surface area (Å²) in [5, 5.41) is 11.4. The van der Waals surface area contributed by atoms with Gasteiger partial charge in [-0.2, -0.15) is 11.8 Å². The molecule has 6 heteroatoms. The van der Waals surface area contributed by atoms with Gasteiger partial charge in [-0.25, -0.2) is 9.59 Å². The SMILES string of the molecule is C#CCCCCSCC(NC(=O)OC(C)(C)C)C(=O)O. The molecule has 2 N–H and O–H groups in total. The van der Waals surface area contributed by atoms with Gasteiger partial charge in [0.2, 0.25) is 0 Å². The molecular formula is C14H23NO4S. The number of aliphatic carboxylic acids is 1. The minimum absolute atomic E-state index is 0.310. The lowest BCUT2D eigenvalue weighted by molar-refractivity contribution is -0.138. The summed E-state index contributed by atoms with van der Waals surface area (Å²) in [7, 11) is 0. The molecule has 1 atom stereocenters. The van der Waals surface area contributed by atoms with Crippen LogP contribution in [-0.4, -0.2) is 40.3 Å². The number of amides is 1. The molecule has 20 heavy (non-hydrogen) atoms. The summed E-state index contributed by atoms with van der Waals surface area (Å²) in [6, 6.07) is -0.942. The fourth-order valence-corrected chi connectivity index (χ4v) is 2.29. The summed E-state index contributed by atoms with van der Waals surface area (Å²) in [4.78, 5) is 22.6. The van der Waals surface area contributed by atoms with Gasteiger partial charge in [-0.1, -0.05) is 0 Å². The first-order valence-electron chi connectivity index (χ1n) is 6.50. The zero-order valence-corrected chi connectivity index (χ0v) is 13.1. The van der Waals surface area contributed by atoms with E-state index in [4.69, 9.17) is 16.3 Å². The largest absolute Gasteiger partial charge is 0.480 e. The van der Waals surface area contributed by atoms with Gasteiger partial charge < -0.3 is 15.2 Å². The minimum atomic E-state index is -1.06. The number of rotatable bonds is 8. The number of alkyl carbamates (subject to hydrolysis) is 1. The lowest BCUT2D eigenvalue weighted by atomic mass is 10.2. The zero-order valence-electron chi connectivity index (χ0n) is 12.3. The molecule has 0 rings (SSSR count). The number of carboxylic acid groups (broad SMARTS) is 1.